The molecule has 0 amide bonds. The molecule has 11 heavy (non-hydrogen) atoms. The average molecular weight is 145 g/mol. The maximum Gasteiger partial charge on any atom is 0.125 e. The molecule has 0 saturated heterocycles. The zero-order valence-electron chi connectivity index (χ0n) is 5.95. The van der Waals surface area contributed by atoms with E-state index in [1.54, 1.807) is 18.3 Å². The molecule has 0 aliphatic carbocycles. The van der Waals surface area contributed by atoms with Gasteiger partial charge in [-0.15, -0.1) is 6.42 Å². The van der Waals surface area contributed by atoms with E-state index in [2.05, 4.69) is 10.9 Å². The van der Waals surface area contributed by atoms with Crippen LogP contribution in [0, 0.1) is 12.3 Å². The Hall–Kier alpha value is -1.62. The molecule has 0 aliphatic rings. The molecule has 0 saturated carbocycles. The Kier molecular flexibility index (Phi) is 2.40. The molecule has 0 atom stereocenters. The van der Waals surface area contributed by atoms with Crippen LogP contribution in [0.3, 0.4) is 0 Å². The maximum atomic E-state index is 10.1. The number of pyridine rings is 1. The van der Waals surface area contributed by atoms with Gasteiger partial charge in [-0.3, -0.25) is 4.98 Å². The monoisotopic (exact) mass is 145 g/mol. The lowest BCUT2D eigenvalue weighted by molar-refractivity contribution is -0.107. The average Bonchev–Trinajstić information content (AvgIpc) is 2.06. The molecule has 0 N–H and O–H groups in total. The second-order valence-electron chi connectivity index (χ2n) is 2.05. The minimum atomic E-state index is 0.329. The third kappa shape index (κ3) is 1.91. The largest absolute Gasteiger partial charge is 0.303 e. The van der Waals surface area contributed by atoms with Crippen molar-refractivity contribution in [1.29, 1.82) is 0 Å². The molecule has 0 aromatic carbocycles. The highest BCUT2D eigenvalue weighted by atomic mass is 16.1. The number of hydrogen-bond acceptors (Lipinski definition) is 2. The molecule has 0 unspecified atom stereocenters. The van der Waals surface area contributed by atoms with Crippen LogP contribution in [-0.4, -0.2) is 11.3 Å². The van der Waals surface area contributed by atoms with Crippen LogP contribution in [0.4, 0.5) is 0 Å². The fraction of sp³-hybridized carbons (Fsp3) is 0.111. The molecule has 0 spiro atoms. The number of terminal acetylenes is 1. The van der Waals surface area contributed by atoms with E-state index in [0.717, 1.165) is 17.5 Å². The highest BCUT2D eigenvalue weighted by Crippen LogP contribution is 1.99. The normalized spacial score (nSPS) is 8.64. The molecule has 1 aromatic heterocycles. The SMILES string of the molecule is C#Cc1ccnc(CC=O)c1. The van der Waals surface area contributed by atoms with Crippen LogP contribution in [0.15, 0.2) is 18.3 Å². The summed E-state index contributed by atoms with van der Waals surface area (Å²) in [6.07, 6.45) is 7.89. The predicted octanol–water partition coefficient (Wildman–Crippen LogP) is 0.804. The molecule has 1 aromatic rings. The minimum Gasteiger partial charge on any atom is -0.303 e. The van der Waals surface area contributed by atoms with E-state index in [4.69, 9.17) is 6.42 Å². The summed E-state index contributed by atoms with van der Waals surface area (Å²) in [5.74, 6) is 2.47. The van der Waals surface area contributed by atoms with E-state index in [1.807, 2.05) is 0 Å². The van der Waals surface area contributed by atoms with Crippen molar-refractivity contribution in [3.63, 3.8) is 0 Å². The van der Waals surface area contributed by atoms with Gasteiger partial charge in [0, 0.05) is 23.9 Å². The minimum absolute atomic E-state index is 0.329. The molecule has 0 radical (unpaired) electrons. The van der Waals surface area contributed by atoms with Crippen LogP contribution in [0.25, 0.3) is 0 Å². The van der Waals surface area contributed by atoms with Gasteiger partial charge in [-0.25, -0.2) is 0 Å². The van der Waals surface area contributed by atoms with Crippen LogP contribution < -0.4 is 0 Å². The summed E-state index contributed by atoms with van der Waals surface area (Å²) in [5, 5.41) is 0. The lowest BCUT2D eigenvalue weighted by atomic mass is 10.2. The van der Waals surface area contributed by atoms with Crippen molar-refractivity contribution in [2.75, 3.05) is 0 Å². The van der Waals surface area contributed by atoms with Crippen LogP contribution in [0.1, 0.15) is 11.3 Å². The van der Waals surface area contributed by atoms with E-state index >= 15 is 0 Å². The first-order valence-electron chi connectivity index (χ1n) is 3.22. The fourth-order valence-corrected chi connectivity index (χ4v) is 0.765. The Morgan fingerprint density at radius 2 is 2.55 bits per heavy atom. The summed E-state index contributed by atoms with van der Waals surface area (Å²) < 4.78 is 0. The van der Waals surface area contributed by atoms with Crippen LogP contribution >= 0.6 is 0 Å². The fourth-order valence-electron chi connectivity index (χ4n) is 0.765. The van der Waals surface area contributed by atoms with Crippen LogP contribution in [0.2, 0.25) is 0 Å². The lowest BCUT2D eigenvalue weighted by Gasteiger charge is -1.93. The van der Waals surface area contributed by atoms with E-state index in [1.165, 1.54) is 0 Å². The molecular weight excluding hydrogens is 138 g/mol. The van der Waals surface area contributed by atoms with Gasteiger partial charge in [-0.2, -0.15) is 0 Å². The van der Waals surface area contributed by atoms with Crippen LogP contribution in [0.5, 0.6) is 0 Å². The van der Waals surface area contributed by atoms with E-state index in [0.29, 0.717) is 6.42 Å². The summed E-state index contributed by atoms with van der Waals surface area (Å²) in [6.45, 7) is 0. The van der Waals surface area contributed by atoms with Crippen molar-refractivity contribution < 1.29 is 4.79 Å². The topological polar surface area (TPSA) is 30.0 Å². The van der Waals surface area contributed by atoms with Gasteiger partial charge in [0.2, 0.25) is 0 Å². The molecule has 0 bridgehead atoms. The van der Waals surface area contributed by atoms with Gasteiger partial charge in [0.05, 0.1) is 0 Å². The number of hydrogen-bond donors (Lipinski definition) is 0. The van der Waals surface area contributed by atoms with Crippen molar-refractivity contribution in [2.24, 2.45) is 0 Å². The van der Waals surface area contributed by atoms with Crippen molar-refractivity contribution >= 4 is 6.29 Å². The second-order valence-corrected chi connectivity index (χ2v) is 2.05. The summed E-state index contributed by atoms with van der Waals surface area (Å²) in [5.41, 5.74) is 1.48. The van der Waals surface area contributed by atoms with Crippen molar-refractivity contribution in [3.8, 4) is 12.3 Å². The molecule has 1 rings (SSSR count). The van der Waals surface area contributed by atoms with Gasteiger partial charge in [0.25, 0.3) is 0 Å². The Labute approximate surface area is 65.3 Å². The first kappa shape index (κ1) is 7.49. The number of carbonyl (C=O) groups excluding carboxylic acids is 1. The highest BCUT2D eigenvalue weighted by Gasteiger charge is 1.92. The van der Waals surface area contributed by atoms with Crippen molar-refractivity contribution in [2.45, 2.75) is 6.42 Å². The number of carbonyl (C=O) groups is 1. The third-order valence-corrected chi connectivity index (χ3v) is 1.28. The first-order valence-corrected chi connectivity index (χ1v) is 3.22. The Morgan fingerprint density at radius 1 is 1.73 bits per heavy atom. The van der Waals surface area contributed by atoms with Crippen LogP contribution in [-0.2, 0) is 11.2 Å². The summed E-state index contributed by atoms with van der Waals surface area (Å²) >= 11 is 0. The highest BCUT2D eigenvalue weighted by molar-refractivity contribution is 5.54. The third-order valence-electron chi connectivity index (χ3n) is 1.28. The van der Waals surface area contributed by atoms with Crippen molar-refractivity contribution in [1.82, 2.24) is 4.98 Å². The standard InChI is InChI=1S/C9H7NO/c1-2-8-3-5-10-9(7-8)4-6-11/h1,3,5-7H,4H2. The molecule has 54 valence electrons. The molecule has 1 heterocycles. The van der Waals surface area contributed by atoms with Crippen molar-refractivity contribution in [3.05, 3.63) is 29.6 Å². The summed E-state index contributed by atoms with van der Waals surface area (Å²) in [6, 6.07) is 3.46. The molecule has 2 heteroatoms. The van der Waals surface area contributed by atoms with Gasteiger partial charge in [0.15, 0.2) is 0 Å². The summed E-state index contributed by atoms with van der Waals surface area (Å²) in [4.78, 5) is 14.0. The zero-order valence-corrected chi connectivity index (χ0v) is 5.95. The van der Waals surface area contributed by atoms with Gasteiger partial charge in [-0.1, -0.05) is 5.92 Å². The zero-order chi connectivity index (χ0) is 8.10. The maximum absolute atomic E-state index is 10.1. The lowest BCUT2D eigenvalue weighted by Crippen LogP contribution is -1.90. The number of rotatable bonds is 2. The van der Waals surface area contributed by atoms with E-state index in [-0.39, 0.29) is 0 Å². The van der Waals surface area contributed by atoms with Gasteiger partial charge in [-0.05, 0) is 12.1 Å². The van der Waals surface area contributed by atoms with Gasteiger partial charge in [0.1, 0.15) is 6.29 Å². The number of nitrogens with zero attached hydrogens (tertiary/aromatic N) is 1. The first-order chi connectivity index (χ1) is 5.36. The Balaban J connectivity index is 2.93. The number of aromatic nitrogens is 1. The molecule has 2 nitrogen and oxygen atoms in total. The van der Waals surface area contributed by atoms with E-state index in [9.17, 15) is 4.79 Å². The molecule has 0 fully saturated rings. The second kappa shape index (κ2) is 3.52. The van der Waals surface area contributed by atoms with Gasteiger partial charge >= 0.3 is 0 Å². The van der Waals surface area contributed by atoms with Gasteiger partial charge < -0.3 is 4.79 Å². The summed E-state index contributed by atoms with van der Waals surface area (Å²) in [7, 11) is 0. The quantitative estimate of drug-likeness (QED) is 0.455. The Bertz CT molecular complexity index is 299. The Morgan fingerprint density at radius 3 is 3.18 bits per heavy atom. The molecular formula is C9H7NO. The molecule has 0 aliphatic heterocycles. The predicted molar refractivity (Wildman–Crippen MR) is 41.9 cm³/mol. The smallest absolute Gasteiger partial charge is 0.125 e. The number of aldehydes is 1. The van der Waals surface area contributed by atoms with E-state index < -0.39 is 0 Å².